The molecule has 2 rings (SSSR count). The second kappa shape index (κ2) is 2.71. The zero-order chi connectivity index (χ0) is 9.42. The summed E-state index contributed by atoms with van der Waals surface area (Å²) in [6.45, 7) is 0. The average Bonchev–Trinajstić information content (AvgIpc) is 2.44. The number of benzene rings is 1. The molecule has 2 aromatic rings. The average molecular weight is 192 g/mol. The number of nitrogens with two attached hydrogens (primary N) is 1. The zero-order valence-corrected chi connectivity index (χ0v) is 7.36. The van der Waals surface area contributed by atoms with E-state index in [0.29, 0.717) is 15.8 Å². The van der Waals surface area contributed by atoms with Gasteiger partial charge in [-0.3, -0.25) is 0 Å². The van der Waals surface area contributed by atoms with E-state index in [0.717, 1.165) is 11.3 Å². The molecule has 0 aliphatic heterocycles. The van der Waals surface area contributed by atoms with Crippen LogP contribution in [-0.2, 0) is 0 Å². The Hall–Kier alpha value is -1.60. The third-order valence-electron chi connectivity index (χ3n) is 1.79. The predicted molar refractivity (Wildman–Crippen MR) is 50.9 cm³/mol. The summed E-state index contributed by atoms with van der Waals surface area (Å²) >= 11 is 1.12. The lowest BCUT2D eigenvalue weighted by atomic mass is 10.2. The first kappa shape index (κ1) is 8.02. The molecule has 0 saturated carbocycles. The van der Waals surface area contributed by atoms with Crippen LogP contribution in [0.15, 0.2) is 18.2 Å². The van der Waals surface area contributed by atoms with Crippen molar-refractivity contribution in [3.63, 3.8) is 0 Å². The predicted octanol–water partition coefficient (Wildman–Crippen LogP) is 2.49. The molecular formula is C9H5FN2S. The molecule has 1 aromatic heterocycles. The summed E-state index contributed by atoms with van der Waals surface area (Å²) in [7, 11) is 0. The highest BCUT2D eigenvalue weighted by Gasteiger charge is 2.12. The number of hydrogen-bond acceptors (Lipinski definition) is 3. The quantitative estimate of drug-likeness (QED) is 0.652. The number of nitriles is 1. The first-order chi connectivity index (χ1) is 6.24. The molecule has 0 unspecified atom stereocenters. The Morgan fingerprint density at radius 1 is 1.46 bits per heavy atom. The van der Waals surface area contributed by atoms with Gasteiger partial charge in [-0.2, -0.15) is 5.26 Å². The van der Waals surface area contributed by atoms with E-state index in [1.165, 1.54) is 0 Å². The zero-order valence-electron chi connectivity index (χ0n) is 6.54. The number of halogens is 1. The van der Waals surface area contributed by atoms with Crippen LogP contribution in [0.3, 0.4) is 0 Å². The highest BCUT2D eigenvalue weighted by atomic mass is 32.1. The highest BCUT2D eigenvalue weighted by molar-refractivity contribution is 7.19. The molecule has 0 aliphatic rings. The summed E-state index contributed by atoms with van der Waals surface area (Å²) in [5.74, 6) is -0.499. The van der Waals surface area contributed by atoms with Crippen molar-refractivity contribution in [3.8, 4) is 6.07 Å². The van der Waals surface area contributed by atoms with Gasteiger partial charge in [0.1, 0.15) is 10.9 Å². The first-order valence-corrected chi connectivity index (χ1v) is 4.42. The van der Waals surface area contributed by atoms with Crippen molar-refractivity contribution < 1.29 is 4.39 Å². The molecule has 64 valence electrons. The second-order valence-electron chi connectivity index (χ2n) is 2.58. The van der Waals surface area contributed by atoms with Crippen molar-refractivity contribution in [3.05, 3.63) is 28.9 Å². The third kappa shape index (κ3) is 1.05. The van der Waals surface area contributed by atoms with Gasteiger partial charge in [0.25, 0.3) is 0 Å². The Morgan fingerprint density at radius 2 is 2.23 bits per heavy atom. The number of nitrogens with zero attached hydrogens (tertiary/aromatic N) is 1. The molecule has 4 heteroatoms. The largest absolute Gasteiger partial charge is 0.398 e. The number of thiophene rings is 1. The summed E-state index contributed by atoms with van der Waals surface area (Å²) in [5, 5.41) is 8.95. The molecule has 0 radical (unpaired) electrons. The fraction of sp³-hybridized carbons (Fsp3) is 0. The van der Waals surface area contributed by atoms with E-state index in [9.17, 15) is 4.39 Å². The normalized spacial score (nSPS) is 10.2. The van der Waals surface area contributed by atoms with Crippen LogP contribution in [-0.4, -0.2) is 0 Å². The number of anilines is 1. The Balaban J connectivity index is 2.95. The van der Waals surface area contributed by atoms with Crippen LogP contribution in [0, 0.1) is 17.1 Å². The van der Waals surface area contributed by atoms with E-state index >= 15 is 0 Å². The Kier molecular flexibility index (Phi) is 1.67. The smallest absolute Gasteiger partial charge is 0.161 e. The Morgan fingerprint density at radius 3 is 2.85 bits per heavy atom. The van der Waals surface area contributed by atoms with Crippen molar-refractivity contribution in [1.82, 2.24) is 0 Å². The van der Waals surface area contributed by atoms with Crippen molar-refractivity contribution >= 4 is 27.1 Å². The third-order valence-corrected chi connectivity index (χ3v) is 2.83. The highest BCUT2D eigenvalue weighted by Crippen LogP contribution is 2.32. The van der Waals surface area contributed by atoms with E-state index < -0.39 is 5.82 Å². The van der Waals surface area contributed by atoms with Gasteiger partial charge in [0.05, 0.1) is 5.39 Å². The molecule has 1 heterocycles. The van der Waals surface area contributed by atoms with Crippen LogP contribution in [0.2, 0.25) is 0 Å². The van der Waals surface area contributed by atoms with Crippen LogP contribution in [0.4, 0.5) is 10.1 Å². The number of fused-ring (bicyclic) bond motifs is 1. The molecule has 0 aliphatic carbocycles. The topological polar surface area (TPSA) is 49.8 Å². The molecule has 0 atom stereocenters. The summed E-state index contributed by atoms with van der Waals surface area (Å²) in [5.41, 5.74) is 5.96. The minimum Gasteiger partial charge on any atom is -0.398 e. The standard InChI is InChI=1S/C9H5FN2S/c10-9-7(4-11)13-6-3-1-2-5(12)8(6)9/h1-3H,12H2. The number of rotatable bonds is 0. The van der Waals surface area contributed by atoms with Gasteiger partial charge in [0.2, 0.25) is 0 Å². The lowest BCUT2D eigenvalue weighted by Crippen LogP contribution is -1.85. The summed E-state index contributed by atoms with van der Waals surface area (Å²) in [6, 6.07) is 6.92. The molecule has 2 N–H and O–H groups in total. The summed E-state index contributed by atoms with van der Waals surface area (Å²) in [6.07, 6.45) is 0. The fourth-order valence-electron chi connectivity index (χ4n) is 1.21. The molecular weight excluding hydrogens is 187 g/mol. The van der Waals surface area contributed by atoms with Gasteiger partial charge >= 0.3 is 0 Å². The maximum atomic E-state index is 13.4. The lowest BCUT2D eigenvalue weighted by Gasteiger charge is -1.93. The lowest BCUT2D eigenvalue weighted by molar-refractivity contribution is 0.641. The van der Waals surface area contributed by atoms with E-state index in [-0.39, 0.29) is 4.88 Å². The SMILES string of the molecule is N#Cc1sc2cccc(N)c2c1F. The molecule has 0 amide bonds. The van der Waals surface area contributed by atoms with Crippen LogP contribution in [0.1, 0.15) is 4.88 Å². The molecule has 0 saturated heterocycles. The molecule has 1 aromatic carbocycles. The minimum atomic E-state index is -0.499. The van der Waals surface area contributed by atoms with Gasteiger partial charge in [-0.15, -0.1) is 11.3 Å². The van der Waals surface area contributed by atoms with Crippen LogP contribution < -0.4 is 5.73 Å². The van der Waals surface area contributed by atoms with Crippen molar-refractivity contribution in [2.24, 2.45) is 0 Å². The first-order valence-electron chi connectivity index (χ1n) is 3.60. The summed E-state index contributed by atoms with van der Waals surface area (Å²) < 4.78 is 14.1. The second-order valence-corrected chi connectivity index (χ2v) is 3.63. The van der Waals surface area contributed by atoms with E-state index in [2.05, 4.69) is 0 Å². The van der Waals surface area contributed by atoms with Gasteiger partial charge in [-0.05, 0) is 12.1 Å². The molecule has 2 nitrogen and oxygen atoms in total. The van der Waals surface area contributed by atoms with E-state index in [1.807, 2.05) is 0 Å². The Labute approximate surface area is 78.0 Å². The van der Waals surface area contributed by atoms with Gasteiger partial charge in [0, 0.05) is 10.4 Å². The van der Waals surface area contributed by atoms with Crippen molar-refractivity contribution in [2.75, 3.05) is 5.73 Å². The molecule has 13 heavy (non-hydrogen) atoms. The minimum absolute atomic E-state index is 0.0906. The fourth-order valence-corrected chi connectivity index (χ4v) is 2.12. The van der Waals surface area contributed by atoms with E-state index in [4.69, 9.17) is 11.0 Å². The van der Waals surface area contributed by atoms with Gasteiger partial charge < -0.3 is 5.73 Å². The van der Waals surface area contributed by atoms with Crippen LogP contribution >= 0.6 is 11.3 Å². The molecule has 0 bridgehead atoms. The summed E-state index contributed by atoms with van der Waals surface area (Å²) in [4.78, 5) is 0.0906. The van der Waals surface area contributed by atoms with Crippen LogP contribution in [0.5, 0.6) is 0 Å². The molecule has 0 spiro atoms. The number of hydrogen-bond donors (Lipinski definition) is 1. The van der Waals surface area contributed by atoms with E-state index in [1.54, 1.807) is 24.3 Å². The van der Waals surface area contributed by atoms with Crippen molar-refractivity contribution in [1.29, 1.82) is 5.26 Å². The maximum Gasteiger partial charge on any atom is 0.161 e. The molecule has 0 fully saturated rings. The monoisotopic (exact) mass is 192 g/mol. The van der Waals surface area contributed by atoms with Gasteiger partial charge in [0.15, 0.2) is 5.82 Å². The Bertz CT molecular complexity index is 510. The number of nitrogen functional groups attached to an aromatic ring is 1. The van der Waals surface area contributed by atoms with Gasteiger partial charge in [-0.1, -0.05) is 6.07 Å². The van der Waals surface area contributed by atoms with Crippen molar-refractivity contribution in [2.45, 2.75) is 0 Å². The van der Waals surface area contributed by atoms with Crippen LogP contribution in [0.25, 0.3) is 10.1 Å². The van der Waals surface area contributed by atoms with Gasteiger partial charge in [-0.25, -0.2) is 4.39 Å². The maximum absolute atomic E-state index is 13.4.